The van der Waals surface area contributed by atoms with Gasteiger partial charge in [-0.25, -0.2) is 0 Å². The van der Waals surface area contributed by atoms with Gasteiger partial charge in [0.15, 0.2) is 0 Å². The van der Waals surface area contributed by atoms with Crippen LogP contribution in [0.5, 0.6) is 0 Å². The normalized spacial score (nSPS) is 11.2. The molecule has 0 bridgehead atoms. The zero-order chi connectivity index (χ0) is 11.8. The summed E-state index contributed by atoms with van der Waals surface area (Å²) >= 11 is 0. The van der Waals surface area contributed by atoms with Gasteiger partial charge in [-0.1, -0.05) is 13.8 Å². The molecule has 0 amide bonds. The first-order valence-electron chi connectivity index (χ1n) is 6.50. The van der Waals surface area contributed by atoms with Crippen LogP contribution in [0.15, 0.2) is 12.3 Å². The fourth-order valence-electron chi connectivity index (χ4n) is 1.98. The minimum Gasteiger partial charge on any atom is -0.320 e. The van der Waals surface area contributed by atoms with Crippen LogP contribution in [0.25, 0.3) is 0 Å². The molecule has 0 aliphatic rings. The Bertz CT molecular complexity index is 276. The molecule has 0 aliphatic heterocycles. The molecule has 0 spiro atoms. The molecular weight excluding hydrogens is 198 g/mol. The molecule has 0 fully saturated rings. The maximum absolute atomic E-state index is 4.65. The molecule has 1 rings (SSSR count). The van der Waals surface area contributed by atoms with Crippen LogP contribution in [0.3, 0.4) is 0 Å². The molecule has 92 valence electrons. The van der Waals surface area contributed by atoms with Crippen molar-refractivity contribution in [2.45, 2.75) is 52.0 Å². The van der Waals surface area contributed by atoms with E-state index in [4.69, 9.17) is 0 Å². The fraction of sp³-hybridized carbons (Fsp3) is 0.769. The molecule has 1 heterocycles. The maximum atomic E-state index is 4.65. The average molecular weight is 223 g/mol. The molecule has 0 saturated heterocycles. The third-order valence-corrected chi connectivity index (χ3v) is 3.09. The van der Waals surface area contributed by atoms with Crippen LogP contribution in [-0.2, 0) is 6.42 Å². The predicted molar refractivity (Wildman–Crippen MR) is 68.7 cm³/mol. The van der Waals surface area contributed by atoms with E-state index in [0.717, 1.165) is 25.8 Å². The van der Waals surface area contributed by atoms with Crippen molar-refractivity contribution in [3.05, 3.63) is 18.0 Å². The number of aromatic nitrogens is 2. The van der Waals surface area contributed by atoms with Gasteiger partial charge in [-0.3, -0.25) is 4.68 Å². The first-order valence-corrected chi connectivity index (χ1v) is 6.50. The monoisotopic (exact) mass is 223 g/mol. The highest BCUT2D eigenvalue weighted by molar-refractivity contribution is 4.99. The number of hydrogen-bond acceptors (Lipinski definition) is 2. The SMILES string of the molecule is CCC(CC)n1ccc(CCCCNC)n1. The van der Waals surface area contributed by atoms with Gasteiger partial charge in [0.1, 0.15) is 0 Å². The van der Waals surface area contributed by atoms with Gasteiger partial charge in [0.05, 0.1) is 11.7 Å². The quantitative estimate of drug-likeness (QED) is 0.687. The molecule has 0 aliphatic carbocycles. The van der Waals surface area contributed by atoms with Gasteiger partial charge in [0.25, 0.3) is 0 Å². The second kappa shape index (κ2) is 7.44. The van der Waals surface area contributed by atoms with Crippen molar-refractivity contribution in [1.82, 2.24) is 15.1 Å². The molecule has 0 radical (unpaired) electrons. The number of hydrogen-bond donors (Lipinski definition) is 1. The summed E-state index contributed by atoms with van der Waals surface area (Å²) in [6, 6.07) is 2.74. The van der Waals surface area contributed by atoms with Crippen molar-refractivity contribution >= 4 is 0 Å². The van der Waals surface area contributed by atoms with E-state index in [0.29, 0.717) is 6.04 Å². The van der Waals surface area contributed by atoms with Gasteiger partial charge < -0.3 is 5.32 Å². The van der Waals surface area contributed by atoms with E-state index in [9.17, 15) is 0 Å². The first kappa shape index (κ1) is 13.2. The Kier molecular flexibility index (Phi) is 6.16. The number of unbranched alkanes of at least 4 members (excludes halogenated alkanes) is 1. The number of aryl methyl sites for hydroxylation is 1. The Morgan fingerprint density at radius 3 is 2.69 bits per heavy atom. The molecule has 3 heteroatoms. The Hall–Kier alpha value is -0.830. The number of nitrogens with zero attached hydrogens (tertiary/aromatic N) is 2. The van der Waals surface area contributed by atoms with E-state index in [-0.39, 0.29) is 0 Å². The summed E-state index contributed by atoms with van der Waals surface area (Å²) in [4.78, 5) is 0. The van der Waals surface area contributed by atoms with Gasteiger partial charge in [-0.15, -0.1) is 0 Å². The minimum atomic E-state index is 0.575. The Morgan fingerprint density at radius 2 is 2.06 bits per heavy atom. The predicted octanol–water partition coefficient (Wildman–Crippen LogP) is 2.79. The smallest absolute Gasteiger partial charge is 0.0624 e. The van der Waals surface area contributed by atoms with Gasteiger partial charge in [-0.05, 0) is 51.8 Å². The second-order valence-electron chi connectivity index (χ2n) is 4.32. The molecule has 1 aromatic rings. The molecule has 0 saturated carbocycles. The average Bonchev–Trinajstić information content (AvgIpc) is 2.75. The molecule has 1 aromatic heterocycles. The summed E-state index contributed by atoms with van der Waals surface area (Å²) in [5.74, 6) is 0. The van der Waals surface area contributed by atoms with E-state index in [2.05, 4.69) is 41.2 Å². The number of rotatable bonds is 8. The van der Waals surface area contributed by atoms with E-state index in [1.807, 2.05) is 7.05 Å². The van der Waals surface area contributed by atoms with E-state index < -0.39 is 0 Å². The highest BCUT2D eigenvalue weighted by atomic mass is 15.3. The third-order valence-electron chi connectivity index (χ3n) is 3.09. The largest absolute Gasteiger partial charge is 0.320 e. The second-order valence-corrected chi connectivity index (χ2v) is 4.32. The van der Waals surface area contributed by atoms with Crippen LogP contribution in [0, 0.1) is 0 Å². The van der Waals surface area contributed by atoms with Crippen LogP contribution in [0.1, 0.15) is 51.3 Å². The Morgan fingerprint density at radius 1 is 1.31 bits per heavy atom. The molecule has 0 unspecified atom stereocenters. The molecule has 16 heavy (non-hydrogen) atoms. The van der Waals surface area contributed by atoms with Gasteiger partial charge in [-0.2, -0.15) is 5.10 Å². The minimum absolute atomic E-state index is 0.575. The van der Waals surface area contributed by atoms with Crippen LogP contribution >= 0.6 is 0 Å². The van der Waals surface area contributed by atoms with E-state index >= 15 is 0 Å². The summed E-state index contributed by atoms with van der Waals surface area (Å²) < 4.78 is 2.13. The Balaban J connectivity index is 2.38. The lowest BCUT2D eigenvalue weighted by atomic mass is 10.2. The van der Waals surface area contributed by atoms with Gasteiger partial charge >= 0.3 is 0 Å². The van der Waals surface area contributed by atoms with Crippen molar-refractivity contribution in [2.75, 3.05) is 13.6 Å². The highest BCUT2D eigenvalue weighted by Crippen LogP contribution is 2.15. The zero-order valence-electron chi connectivity index (χ0n) is 10.9. The van der Waals surface area contributed by atoms with E-state index in [1.165, 1.54) is 18.5 Å². The van der Waals surface area contributed by atoms with Gasteiger partial charge in [0, 0.05) is 6.20 Å². The summed E-state index contributed by atoms with van der Waals surface area (Å²) in [7, 11) is 2.00. The van der Waals surface area contributed by atoms with Gasteiger partial charge in [0.2, 0.25) is 0 Å². The first-order chi connectivity index (χ1) is 7.81. The van der Waals surface area contributed by atoms with Crippen molar-refractivity contribution in [2.24, 2.45) is 0 Å². The summed E-state index contributed by atoms with van der Waals surface area (Å²) in [5.41, 5.74) is 1.24. The van der Waals surface area contributed by atoms with Crippen molar-refractivity contribution in [3.8, 4) is 0 Å². The highest BCUT2D eigenvalue weighted by Gasteiger charge is 2.07. The molecule has 1 N–H and O–H groups in total. The molecular formula is C13H25N3. The van der Waals surface area contributed by atoms with Crippen LogP contribution in [-0.4, -0.2) is 23.4 Å². The van der Waals surface area contributed by atoms with Crippen molar-refractivity contribution < 1.29 is 0 Å². The molecule has 3 nitrogen and oxygen atoms in total. The lowest BCUT2D eigenvalue weighted by Gasteiger charge is -2.12. The molecule has 0 atom stereocenters. The Labute approximate surface area is 99.2 Å². The maximum Gasteiger partial charge on any atom is 0.0624 e. The zero-order valence-corrected chi connectivity index (χ0v) is 10.9. The van der Waals surface area contributed by atoms with Crippen molar-refractivity contribution in [1.29, 1.82) is 0 Å². The summed E-state index contributed by atoms with van der Waals surface area (Å²) in [6.07, 6.45) is 8.02. The fourth-order valence-corrected chi connectivity index (χ4v) is 1.98. The lowest BCUT2D eigenvalue weighted by Crippen LogP contribution is -2.09. The summed E-state index contributed by atoms with van der Waals surface area (Å²) in [6.45, 7) is 5.55. The van der Waals surface area contributed by atoms with Crippen LogP contribution in [0.4, 0.5) is 0 Å². The lowest BCUT2D eigenvalue weighted by molar-refractivity contribution is 0.425. The standard InChI is InChI=1S/C13H25N3/c1-4-13(5-2)16-11-9-12(15-16)8-6-7-10-14-3/h9,11,13-14H,4-8,10H2,1-3H3. The topological polar surface area (TPSA) is 29.9 Å². The van der Waals surface area contributed by atoms with Crippen molar-refractivity contribution in [3.63, 3.8) is 0 Å². The molecule has 0 aromatic carbocycles. The van der Waals surface area contributed by atoms with Crippen LogP contribution < -0.4 is 5.32 Å². The van der Waals surface area contributed by atoms with Crippen LogP contribution in [0.2, 0.25) is 0 Å². The number of nitrogens with one attached hydrogen (secondary N) is 1. The van der Waals surface area contributed by atoms with E-state index in [1.54, 1.807) is 0 Å². The summed E-state index contributed by atoms with van der Waals surface area (Å²) in [5, 5.41) is 7.82. The third kappa shape index (κ3) is 3.97.